The van der Waals surface area contributed by atoms with Crippen molar-refractivity contribution in [2.45, 2.75) is 19.5 Å². The third kappa shape index (κ3) is 4.39. The second-order valence-electron chi connectivity index (χ2n) is 6.63. The van der Waals surface area contributed by atoms with E-state index in [0.717, 1.165) is 11.3 Å². The smallest absolute Gasteiger partial charge is 0.345 e. The summed E-state index contributed by atoms with van der Waals surface area (Å²) in [5, 5.41) is 11.0. The zero-order valence-electron chi connectivity index (χ0n) is 15.7. The molecule has 0 spiro atoms. The number of nitrogens with zero attached hydrogens (tertiary/aromatic N) is 4. The van der Waals surface area contributed by atoms with Crippen LogP contribution in [0.4, 0.5) is 24.0 Å². The number of anilines is 1. The van der Waals surface area contributed by atoms with Gasteiger partial charge in [-0.1, -0.05) is 18.3 Å². The lowest BCUT2D eigenvalue weighted by atomic mass is 10.1. The van der Waals surface area contributed by atoms with E-state index >= 15 is 0 Å². The highest BCUT2D eigenvalue weighted by Gasteiger charge is 2.34. The van der Waals surface area contributed by atoms with Crippen LogP contribution in [0.2, 0.25) is 0 Å². The van der Waals surface area contributed by atoms with E-state index in [0.29, 0.717) is 18.6 Å². The lowest BCUT2D eigenvalue weighted by Gasteiger charge is -2.34. The Hall–Kier alpha value is -2.32. The molecule has 0 bridgehead atoms. The predicted molar refractivity (Wildman–Crippen MR) is 105 cm³/mol. The molecule has 3 rings (SSSR count). The van der Waals surface area contributed by atoms with Crippen LogP contribution in [0.3, 0.4) is 0 Å². The minimum Gasteiger partial charge on any atom is -0.345 e. The maximum atomic E-state index is 13.0. The van der Waals surface area contributed by atoms with Crippen LogP contribution in [-0.4, -0.2) is 54.6 Å². The van der Waals surface area contributed by atoms with Gasteiger partial charge in [-0.25, -0.2) is 8.42 Å². The average Bonchev–Trinajstić information content (AvgIpc) is 2.66. The molecule has 1 aliphatic heterocycles. The molecular weight excluding hydrogens is 449 g/mol. The standard InChI is InChI=1S/C16H17F3N4O5S2/c1-2-7-30(27,28)22-5-3-21(4-6-22)15-20-14(24)11-8-10(16(17,18)19)9-12(23(25)26)13(11)29-15/h8-9H,2-7H2,1H3. The Morgan fingerprint density at radius 1 is 1.23 bits per heavy atom. The highest BCUT2D eigenvalue weighted by atomic mass is 32.2. The Bertz CT molecular complexity index is 1140. The molecule has 2 heterocycles. The van der Waals surface area contributed by atoms with Crippen molar-refractivity contribution in [2.24, 2.45) is 0 Å². The van der Waals surface area contributed by atoms with Crippen LogP contribution >= 0.6 is 11.3 Å². The molecule has 1 aliphatic rings. The second-order valence-corrected chi connectivity index (χ2v) is 9.70. The van der Waals surface area contributed by atoms with Gasteiger partial charge in [-0.2, -0.15) is 22.5 Å². The molecular formula is C16H17F3N4O5S2. The zero-order chi connectivity index (χ0) is 22.3. The first-order valence-corrected chi connectivity index (χ1v) is 11.3. The number of halogens is 3. The highest BCUT2D eigenvalue weighted by Crippen LogP contribution is 2.38. The van der Waals surface area contributed by atoms with Gasteiger partial charge in [0.1, 0.15) is 4.70 Å². The van der Waals surface area contributed by atoms with Gasteiger partial charge in [0, 0.05) is 32.2 Å². The van der Waals surface area contributed by atoms with Crippen molar-refractivity contribution >= 4 is 42.3 Å². The number of benzene rings is 1. The molecule has 0 N–H and O–H groups in total. The molecule has 0 amide bonds. The predicted octanol–water partition coefficient (Wildman–Crippen LogP) is 2.45. The summed E-state index contributed by atoms with van der Waals surface area (Å²) >= 11 is 0.739. The van der Waals surface area contributed by atoms with Crippen LogP contribution < -0.4 is 10.5 Å². The van der Waals surface area contributed by atoms with Gasteiger partial charge in [-0.3, -0.25) is 14.9 Å². The summed E-state index contributed by atoms with van der Waals surface area (Å²) in [5.74, 6) is 0.0162. The molecule has 30 heavy (non-hydrogen) atoms. The average molecular weight is 466 g/mol. The number of hydrogen-bond acceptors (Lipinski definition) is 8. The number of nitro benzene ring substituents is 1. The summed E-state index contributed by atoms with van der Waals surface area (Å²) in [6.07, 6.45) is -4.38. The molecule has 0 atom stereocenters. The van der Waals surface area contributed by atoms with Crippen molar-refractivity contribution in [1.82, 2.24) is 9.29 Å². The normalized spacial score (nSPS) is 16.2. The molecule has 9 nitrogen and oxygen atoms in total. The summed E-state index contributed by atoms with van der Waals surface area (Å²) in [6.45, 7) is 2.45. The van der Waals surface area contributed by atoms with Crippen molar-refractivity contribution in [1.29, 1.82) is 0 Å². The number of fused-ring (bicyclic) bond motifs is 1. The summed E-state index contributed by atoms with van der Waals surface area (Å²) in [7, 11) is -3.39. The lowest BCUT2D eigenvalue weighted by Crippen LogP contribution is -2.49. The fourth-order valence-corrected chi connectivity index (χ4v) is 5.73. The SMILES string of the molecule is CCCS(=O)(=O)N1CCN(c2nc(=O)c3cc(C(F)(F)F)cc([N+](=O)[O-])c3s2)CC1. The van der Waals surface area contributed by atoms with Crippen LogP contribution in [-0.2, 0) is 16.2 Å². The van der Waals surface area contributed by atoms with Gasteiger partial charge in [0.15, 0.2) is 5.13 Å². The number of hydrogen-bond donors (Lipinski definition) is 0. The van der Waals surface area contributed by atoms with Gasteiger partial charge in [-0.05, 0) is 12.5 Å². The molecule has 0 radical (unpaired) electrons. The fraction of sp³-hybridized carbons (Fsp3) is 0.500. The molecule has 0 aliphatic carbocycles. The lowest BCUT2D eigenvalue weighted by molar-refractivity contribution is -0.383. The molecule has 0 saturated carbocycles. The number of rotatable bonds is 5. The highest BCUT2D eigenvalue weighted by molar-refractivity contribution is 7.89. The number of nitro groups is 1. The van der Waals surface area contributed by atoms with E-state index in [9.17, 15) is 36.5 Å². The van der Waals surface area contributed by atoms with Crippen molar-refractivity contribution < 1.29 is 26.5 Å². The third-order valence-corrected chi connectivity index (χ3v) is 7.82. The Labute approximate surface area is 172 Å². The molecule has 1 aromatic carbocycles. The largest absolute Gasteiger partial charge is 0.416 e. The van der Waals surface area contributed by atoms with Gasteiger partial charge in [-0.15, -0.1) is 0 Å². The molecule has 14 heteroatoms. The van der Waals surface area contributed by atoms with Crippen molar-refractivity contribution in [3.05, 3.63) is 38.2 Å². The number of aromatic nitrogens is 1. The number of piperazine rings is 1. The summed E-state index contributed by atoms with van der Waals surface area (Å²) in [5.41, 5.74) is -3.13. The van der Waals surface area contributed by atoms with E-state index < -0.39 is 43.3 Å². The Morgan fingerprint density at radius 2 is 1.87 bits per heavy atom. The number of alkyl halides is 3. The molecule has 1 saturated heterocycles. The number of non-ortho nitro benzene ring substituents is 1. The van der Waals surface area contributed by atoms with E-state index in [2.05, 4.69) is 4.98 Å². The monoisotopic (exact) mass is 466 g/mol. The molecule has 0 unspecified atom stereocenters. The maximum absolute atomic E-state index is 13.0. The molecule has 1 aromatic heterocycles. The van der Waals surface area contributed by atoms with Crippen molar-refractivity contribution in [2.75, 3.05) is 36.8 Å². The Kier molecular flexibility index (Phi) is 6.02. The molecule has 1 fully saturated rings. The minimum atomic E-state index is -4.85. The second kappa shape index (κ2) is 8.07. The summed E-state index contributed by atoms with van der Waals surface area (Å²) in [6, 6.07) is 0.963. The van der Waals surface area contributed by atoms with Crippen LogP contribution in [0.15, 0.2) is 16.9 Å². The van der Waals surface area contributed by atoms with Gasteiger partial charge >= 0.3 is 6.18 Å². The summed E-state index contributed by atoms with van der Waals surface area (Å²) in [4.78, 5) is 28.2. The first kappa shape index (κ1) is 22.4. The van der Waals surface area contributed by atoms with E-state index in [-0.39, 0.29) is 41.8 Å². The first-order valence-electron chi connectivity index (χ1n) is 8.87. The van der Waals surface area contributed by atoms with E-state index in [1.165, 1.54) is 4.31 Å². The van der Waals surface area contributed by atoms with Gasteiger partial charge < -0.3 is 4.90 Å². The van der Waals surface area contributed by atoms with E-state index in [1.54, 1.807) is 11.8 Å². The summed E-state index contributed by atoms with van der Waals surface area (Å²) < 4.78 is 64.6. The topological polar surface area (TPSA) is 114 Å². The Balaban J connectivity index is 1.99. The third-order valence-electron chi connectivity index (χ3n) is 4.58. The fourth-order valence-electron chi connectivity index (χ4n) is 3.12. The minimum absolute atomic E-state index is 0.0162. The van der Waals surface area contributed by atoms with Crippen LogP contribution in [0, 0.1) is 10.1 Å². The quantitative estimate of drug-likeness (QED) is 0.491. The van der Waals surface area contributed by atoms with Crippen LogP contribution in [0.5, 0.6) is 0 Å². The van der Waals surface area contributed by atoms with E-state index in [4.69, 9.17) is 0 Å². The van der Waals surface area contributed by atoms with Crippen LogP contribution in [0.25, 0.3) is 10.1 Å². The zero-order valence-corrected chi connectivity index (χ0v) is 17.3. The molecule has 164 valence electrons. The van der Waals surface area contributed by atoms with Crippen molar-refractivity contribution in [3.63, 3.8) is 0 Å². The van der Waals surface area contributed by atoms with Crippen LogP contribution in [0.1, 0.15) is 18.9 Å². The maximum Gasteiger partial charge on any atom is 0.416 e. The van der Waals surface area contributed by atoms with Gasteiger partial charge in [0.25, 0.3) is 11.2 Å². The van der Waals surface area contributed by atoms with E-state index in [1.807, 2.05) is 0 Å². The Morgan fingerprint density at radius 3 is 2.40 bits per heavy atom. The van der Waals surface area contributed by atoms with Gasteiger partial charge in [0.2, 0.25) is 10.0 Å². The molecule has 2 aromatic rings. The number of sulfonamides is 1. The van der Waals surface area contributed by atoms with Gasteiger partial charge in [0.05, 0.1) is 21.6 Å². The van der Waals surface area contributed by atoms with Crippen molar-refractivity contribution in [3.8, 4) is 0 Å². The first-order chi connectivity index (χ1) is 13.9.